The van der Waals surface area contributed by atoms with Crippen molar-refractivity contribution in [3.63, 3.8) is 0 Å². The predicted molar refractivity (Wildman–Crippen MR) is 44.8 cm³/mol. The van der Waals surface area contributed by atoms with Crippen LogP contribution < -0.4 is 5.30 Å². The highest BCUT2D eigenvalue weighted by Gasteiger charge is 1.97. The summed E-state index contributed by atoms with van der Waals surface area (Å²) >= 11 is 0. The van der Waals surface area contributed by atoms with Crippen LogP contribution in [0.2, 0.25) is 0 Å². The molecule has 2 heteroatoms. The second-order valence-electron chi connectivity index (χ2n) is 2.37. The fourth-order valence-electron chi connectivity index (χ4n) is 0.754. The van der Waals surface area contributed by atoms with Gasteiger partial charge in [0.25, 0.3) is 0 Å². The van der Waals surface area contributed by atoms with Gasteiger partial charge in [-0.2, -0.15) is 0 Å². The Morgan fingerprint density at radius 3 is 2.40 bits per heavy atom. The van der Waals surface area contributed by atoms with E-state index in [0.717, 1.165) is 5.30 Å². The summed E-state index contributed by atoms with van der Waals surface area (Å²) in [6.45, 7) is 4.23. The minimum atomic E-state index is -0.152. The van der Waals surface area contributed by atoms with E-state index in [1.54, 1.807) is 12.1 Å². The van der Waals surface area contributed by atoms with Gasteiger partial charge in [0.2, 0.25) is 0 Å². The number of halogens is 1. The third-order valence-corrected chi connectivity index (χ3v) is 2.64. The van der Waals surface area contributed by atoms with Crippen LogP contribution in [0.25, 0.3) is 0 Å². The molecular formula is C8H10FP. The molecule has 0 bridgehead atoms. The lowest BCUT2D eigenvalue weighted by molar-refractivity contribution is 0.629. The van der Waals surface area contributed by atoms with Crippen LogP contribution in [-0.2, 0) is 0 Å². The molecule has 0 radical (unpaired) electrons. The van der Waals surface area contributed by atoms with Crippen LogP contribution in [-0.4, -0.2) is 13.3 Å². The molecule has 0 aliphatic carbocycles. The fraction of sp³-hybridized carbons (Fsp3) is 0.250. The molecule has 0 aliphatic rings. The lowest BCUT2D eigenvalue weighted by atomic mass is 10.4. The molecule has 1 aromatic carbocycles. The molecule has 0 saturated heterocycles. The topological polar surface area (TPSA) is 0 Å². The highest BCUT2D eigenvalue weighted by Crippen LogP contribution is 2.22. The highest BCUT2D eigenvalue weighted by atomic mass is 31.1. The van der Waals surface area contributed by atoms with Gasteiger partial charge in [0.1, 0.15) is 5.82 Å². The zero-order valence-electron chi connectivity index (χ0n) is 6.13. The average molecular weight is 156 g/mol. The molecule has 1 aromatic rings. The maximum Gasteiger partial charge on any atom is 0.123 e. The molecule has 0 nitrogen and oxygen atoms in total. The monoisotopic (exact) mass is 156 g/mol. The highest BCUT2D eigenvalue weighted by molar-refractivity contribution is 7.64. The maximum atomic E-state index is 12.5. The minimum Gasteiger partial charge on any atom is -0.207 e. The third kappa shape index (κ3) is 1.78. The van der Waals surface area contributed by atoms with E-state index in [0.29, 0.717) is 0 Å². The van der Waals surface area contributed by atoms with Gasteiger partial charge in [-0.05, 0) is 30.8 Å². The van der Waals surface area contributed by atoms with Gasteiger partial charge < -0.3 is 0 Å². The first-order chi connectivity index (χ1) is 4.70. The Kier molecular flexibility index (Phi) is 2.39. The zero-order chi connectivity index (χ0) is 7.56. The van der Waals surface area contributed by atoms with E-state index in [2.05, 4.69) is 13.3 Å². The van der Waals surface area contributed by atoms with Crippen molar-refractivity contribution in [3.05, 3.63) is 30.1 Å². The SMILES string of the molecule is CP(C)c1cccc(F)c1. The van der Waals surface area contributed by atoms with Crippen molar-refractivity contribution in [1.82, 2.24) is 0 Å². The molecule has 0 fully saturated rings. The maximum absolute atomic E-state index is 12.5. The van der Waals surface area contributed by atoms with Gasteiger partial charge in [0.15, 0.2) is 0 Å². The summed E-state index contributed by atoms with van der Waals surface area (Å²) in [5.74, 6) is -0.131. The van der Waals surface area contributed by atoms with E-state index >= 15 is 0 Å². The Labute approximate surface area is 61.8 Å². The average Bonchev–Trinajstić information content (AvgIpc) is 1.88. The first-order valence-corrected chi connectivity index (χ1v) is 5.36. The van der Waals surface area contributed by atoms with Gasteiger partial charge >= 0.3 is 0 Å². The van der Waals surface area contributed by atoms with Crippen molar-refractivity contribution in [2.24, 2.45) is 0 Å². The molecule has 0 atom stereocenters. The predicted octanol–water partition coefficient (Wildman–Crippen LogP) is 2.19. The molecule has 54 valence electrons. The zero-order valence-corrected chi connectivity index (χ0v) is 7.03. The molecule has 0 saturated carbocycles. The van der Waals surface area contributed by atoms with Crippen LogP contribution in [0.1, 0.15) is 0 Å². The summed E-state index contributed by atoms with van der Waals surface area (Å²) in [6.07, 6.45) is 0. The van der Waals surface area contributed by atoms with Gasteiger partial charge in [0.05, 0.1) is 0 Å². The molecular weight excluding hydrogens is 146 g/mol. The van der Waals surface area contributed by atoms with Gasteiger partial charge in [0, 0.05) is 0 Å². The van der Waals surface area contributed by atoms with Gasteiger partial charge in [-0.3, -0.25) is 0 Å². The van der Waals surface area contributed by atoms with Crippen molar-refractivity contribution in [1.29, 1.82) is 0 Å². The van der Waals surface area contributed by atoms with E-state index in [1.165, 1.54) is 6.07 Å². The lowest BCUT2D eigenvalue weighted by Gasteiger charge is -2.03. The van der Waals surface area contributed by atoms with Crippen molar-refractivity contribution in [2.75, 3.05) is 13.3 Å². The van der Waals surface area contributed by atoms with E-state index in [9.17, 15) is 4.39 Å². The molecule has 0 spiro atoms. The van der Waals surface area contributed by atoms with Crippen LogP contribution in [0.15, 0.2) is 24.3 Å². The molecule has 0 aromatic heterocycles. The van der Waals surface area contributed by atoms with Crippen LogP contribution in [0, 0.1) is 5.82 Å². The summed E-state index contributed by atoms with van der Waals surface area (Å²) in [6, 6.07) is 6.80. The standard InChI is InChI=1S/C8H10FP/c1-10(2)8-5-3-4-7(9)6-8/h3-6H,1-2H3. The molecule has 0 N–H and O–H groups in total. The summed E-state index contributed by atoms with van der Waals surface area (Å²) in [5.41, 5.74) is 0. The van der Waals surface area contributed by atoms with Crippen molar-refractivity contribution < 1.29 is 4.39 Å². The molecule has 0 heterocycles. The van der Waals surface area contributed by atoms with Gasteiger partial charge in [-0.1, -0.05) is 20.1 Å². The number of hydrogen-bond acceptors (Lipinski definition) is 0. The van der Waals surface area contributed by atoms with E-state index in [4.69, 9.17) is 0 Å². The summed E-state index contributed by atoms with van der Waals surface area (Å²) in [5, 5.41) is 1.12. The molecule has 10 heavy (non-hydrogen) atoms. The second kappa shape index (κ2) is 3.12. The minimum absolute atomic E-state index is 0.131. The largest absolute Gasteiger partial charge is 0.207 e. The van der Waals surface area contributed by atoms with Crippen LogP contribution in [0.5, 0.6) is 0 Å². The third-order valence-electron chi connectivity index (χ3n) is 1.32. The van der Waals surface area contributed by atoms with Gasteiger partial charge in [-0.15, -0.1) is 0 Å². The Bertz CT molecular complexity index is 220. The van der Waals surface area contributed by atoms with E-state index < -0.39 is 0 Å². The first kappa shape index (κ1) is 7.68. The van der Waals surface area contributed by atoms with Gasteiger partial charge in [-0.25, -0.2) is 4.39 Å². The lowest BCUT2D eigenvalue weighted by Crippen LogP contribution is -1.98. The quantitative estimate of drug-likeness (QED) is 0.547. The van der Waals surface area contributed by atoms with Crippen molar-refractivity contribution >= 4 is 13.2 Å². The Morgan fingerprint density at radius 1 is 1.30 bits per heavy atom. The Balaban J connectivity index is 2.96. The number of hydrogen-bond donors (Lipinski definition) is 0. The van der Waals surface area contributed by atoms with E-state index in [1.807, 2.05) is 6.07 Å². The second-order valence-corrected chi connectivity index (χ2v) is 4.68. The normalized spacial score (nSPS) is 10.4. The summed E-state index contributed by atoms with van der Waals surface area (Å²) in [7, 11) is -0.152. The summed E-state index contributed by atoms with van der Waals surface area (Å²) in [4.78, 5) is 0. The van der Waals surface area contributed by atoms with Crippen molar-refractivity contribution in [3.8, 4) is 0 Å². The first-order valence-electron chi connectivity index (χ1n) is 3.13. The van der Waals surface area contributed by atoms with Crippen LogP contribution in [0.4, 0.5) is 4.39 Å². The molecule has 0 unspecified atom stereocenters. The fourth-order valence-corrected chi connectivity index (χ4v) is 1.52. The summed E-state index contributed by atoms with van der Waals surface area (Å²) < 4.78 is 12.5. The number of rotatable bonds is 1. The van der Waals surface area contributed by atoms with Crippen LogP contribution in [0.3, 0.4) is 0 Å². The Hall–Kier alpha value is -0.420. The smallest absolute Gasteiger partial charge is 0.123 e. The van der Waals surface area contributed by atoms with Crippen molar-refractivity contribution in [2.45, 2.75) is 0 Å². The molecule has 0 aliphatic heterocycles. The number of benzene rings is 1. The van der Waals surface area contributed by atoms with Crippen LogP contribution >= 0.6 is 7.92 Å². The molecule has 1 rings (SSSR count). The molecule has 0 amide bonds. The Morgan fingerprint density at radius 2 is 2.00 bits per heavy atom. The van der Waals surface area contributed by atoms with E-state index in [-0.39, 0.29) is 13.7 Å².